The van der Waals surface area contributed by atoms with Crippen molar-refractivity contribution in [1.82, 2.24) is 0 Å². The second-order valence-electron chi connectivity index (χ2n) is 1.85. The second kappa shape index (κ2) is 2.60. The monoisotopic (exact) mass is 112 g/mol. The van der Waals surface area contributed by atoms with Gasteiger partial charge in [0.05, 0.1) is 0 Å². The lowest BCUT2D eigenvalue weighted by Crippen LogP contribution is -1.90. The van der Waals surface area contributed by atoms with Crippen LogP contribution >= 0.6 is 0 Å². The Morgan fingerprint density at radius 3 is 1.62 bits per heavy atom. The lowest BCUT2D eigenvalue weighted by Gasteiger charge is -1.80. The smallest absolute Gasteiger partial charge is 0.0431 e. The standard InChI is InChI=1S/C5H8N2.CH4/c1-4-3-5(2)7-6-4;/h3H2,1-2H3;1H4. The summed E-state index contributed by atoms with van der Waals surface area (Å²) < 4.78 is 0. The Balaban J connectivity index is 0.000000490. The van der Waals surface area contributed by atoms with Crippen LogP contribution in [0.15, 0.2) is 10.2 Å². The first-order valence-electron chi connectivity index (χ1n) is 2.35. The highest BCUT2D eigenvalue weighted by Gasteiger charge is 1.99. The molecule has 0 spiro atoms. The van der Waals surface area contributed by atoms with E-state index >= 15 is 0 Å². The van der Waals surface area contributed by atoms with Crippen molar-refractivity contribution < 1.29 is 0 Å². The Morgan fingerprint density at radius 2 is 1.50 bits per heavy atom. The maximum atomic E-state index is 3.82. The van der Waals surface area contributed by atoms with Gasteiger partial charge in [0.25, 0.3) is 0 Å². The fourth-order valence-corrected chi connectivity index (χ4v) is 0.612. The molecule has 0 atom stereocenters. The molecule has 1 aliphatic rings. The van der Waals surface area contributed by atoms with Crippen molar-refractivity contribution in [2.45, 2.75) is 27.7 Å². The van der Waals surface area contributed by atoms with Crippen LogP contribution < -0.4 is 0 Å². The van der Waals surface area contributed by atoms with Gasteiger partial charge in [-0.25, -0.2) is 0 Å². The summed E-state index contributed by atoms with van der Waals surface area (Å²) in [7, 11) is 0. The van der Waals surface area contributed by atoms with Crippen molar-refractivity contribution in [3.63, 3.8) is 0 Å². The Labute approximate surface area is 50.3 Å². The predicted octanol–water partition coefficient (Wildman–Crippen LogP) is 1.86. The molecule has 0 saturated heterocycles. The van der Waals surface area contributed by atoms with Gasteiger partial charge in [-0.3, -0.25) is 0 Å². The second-order valence-corrected chi connectivity index (χ2v) is 1.85. The topological polar surface area (TPSA) is 24.7 Å². The van der Waals surface area contributed by atoms with E-state index in [-0.39, 0.29) is 7.43 Å². The summed E-state index contributed by atoms with van der Waals surface area (Å²) in [5.74, 6) is 0. The van der Waals surface area contributed by atoms with Crippen molar-refractivity contribution >= 4 is 11.4 Å². The highest BCUT2D eigenvalue weighted by molar-refractivity contribution is 6.05. The van der Waals surface area contributed by atoms with E-state index in [0.717, 1.165) is 17.8 Å². The van der Waals surface area contributed by atoms with Crippen molar-refractivity contribution in [3.8, 4) is 0 Å². The van der Waals surface area contributed by atoms with Crippen LogP contribution in [0.1, 0.15) is 27.7 Å². The van der Waals surface area contributed by atoms with Gasteiger partial charge in [0.2, 0.25) is 0 Å². The van der Waals surface area contributed by atoms with E-state index < -0.39 is 0 Å². The van der Waals surface area contributed by atoms with E-state index in [1.807, 2.05) is 13.8 Å². The van der Waals surface area contributed by atoms with Crippen LogP contribution in [-0.2, 0) is 0 Å². The summed E-state index contributed by atoms with van der Waals surface area (Å²) in [6.07, 6.45) is 0.972. The normalized spacial score (nSPS) is 16.8. The number of hydrogen-bond acceptors (Lipinski definition) is 2. The molecule has 0 fully saturated rings. The Hall–Kier alpha value is -0.660. The molecule has 0 saturated carbocycles. The highest BCUT2D eigenvalue weighted by Crippen LogP contribution is 1.98. The molecule has 0 unspecified atom stereocenters. The Morgan fingerprint density at radius 1 is 1.12 bits per heavy atom. The number of nitrogens with zero attached hydrogens (tertiary/aromatic N) is 2. The molecule has 0 aromatic heterocycles. The van der Waals surface area contributed by atoms with E-state index in [9.17, 15) is 0 Å². The van der Waals surface area contributed by atoms with E-state index in [1.165, 1.54) is 0 Å². The molecule has 0 aliphatic carbocycles. The molecule has 2 nitrogen and oxygen atoms in total. The first kappa shape index (κ1) is 7.34. The van der Waals surface area contributed by atoms with Crippen LogP contribution in [0, 0.1) is 0 Å². The first-order chi connectivity index (χ1) is 3.29. The van der Waals surface area contributed by atoms with Crippen LogP contribution in [0.2, 0.25) is 0 Å². The van der Waals surface area contributed by atoms with Gasteiger partial charge in [-0.2, -0.15) is 10.2 Å². The molecule has 46 valence electrons. The molecule has 1 heterocycles. The maximum Gasteiger partial charge on any atom is 0.0431 e. The van der Waals surface area contributed by atoms with Gasteiger partial charge >= 0.3 is 0 Å². The van der Waals surface area contributed by atoms with Gasteiger partial charge in [-0.1, -0.05) is 7.43 Å². The molecule has 0 aromatic carbocycles. The van der Waals surface area contributed by atoms with Crippen LogP contribution in [0.4, 0.5) is 0 Å². The van der Waals surface area contributed by atoms with Crippen molar-refractivity contribution in [2.75, 3.05) is 0 Å². The molecule has 0 bridgehead atoms. The quantitative estimate of drug-likeness (QED) is 0.457. The van der Waals surface area contributed by atoms with Gasteiger partial charge < -0.3 is 0 Å². The van der Waals surface area contributed by atoms with Gasteiger partial charge in [-0.15, -0.1) is 0 Å². The Kier molecular flexibility index (Phi) is 2.38. The zero-order valence-electron chi connectivity index (χ0n) is 4.60. The summed E-state index contributed by atoms with van der Waals surface area (Å²) in [5.41, 5.74) is 2.25. The zero-order chi connectivity index (χ0) is 5.28. The van der Waals surface area contributed by atoms with Crippen LogP contribution in [0.25, 0.3) is 0 Å². The molecular weight excluding hydrogens is 100 g/mol. The average Bonchev–Trinajstić information content (AvgIpc) is 1.87. The van der Waals surface area contributed by atoms with Crippen molar-refractivity contribution in [3.05, 3.63) is 0 Å². The molecule has 0 aromatic rings. The van der Waals surface area contributed by atoms with Crippen LogP contribution in [0.3, 0.4) is 0 Å². The molecule has 1 aliphatic heterocycles. The van der Waals surface area contributed by atoms with Gasteiger partial charge in [0.15, 0.2) is 0 Å². The highest BCUT2D eigenvalue weighted by atomic mass is 15.2. The lowest BCUT2D eigenvalue weighted by atomic mass is 10.2. The van der Waals surface area contributed by atoms with E-state index in [2.05, 4.69) is 10.2 Å². The molecular formula is C6H12N2. The molecule has 0 N–H and O–H groups in total. The molecule has 1 rings (SSSR count). The fraction of sp³-hybridized carbons (Fsp3) is 0.667. The van der Waals surface area contributed by atoms with Crippen molar-refractivity contribution in [2.24, 2.45) is 10.2 Å². The molecule has 0 amide bonds. The van der Waals surface area contributed by atoms with E-state index in [0.29, 0.717) is 0 Å². The third-order valence-corrected chi connectivity index (χ3v) is 0.903. The largest absolute Gasteiger partial charge is 0.160 e. The summed E-state index contributed by atoms with van der Waals surface area (Å²) >= 11 is 0. The van der Waals surface area contributed by atoms with E-state index in [4.69, 9.17) is 0 Å². The average molecular weight is 112 g/mol. The zero-order valence-corrected chi connectivity index (χ0v) is 4.60. The molecule has 0 radical (unpaired) electrons. The lowest BCUT2D eigenvalue weighted by molar-refractivity contribution is 1.26. The summed E-state index contributed by atoms with van der Waals surface area (Å²) in [5, 5.41) is 7.64. The molecule has 8 heavy (non-hydrogen) atoms. The van der Waals surface area contributed by atoms with Gasteiger partial charge in [-0.05, 0) is 13.8 Å². The predicted molar refractivity (Wildman–Crippen MR) is 37.6 cm³/mol. The number of rotatable bonds is 0. The van der Waals surface area contributed by atoms with E-state index in [1.54, 1.807) is 0 Å². The summed E-state index contributed by atoms with van der Waals surface area (Å²) in [4.78, 5) is 0. The molecule has 2 heteroatoms. The maximum absolute atomic E-state index is 3.82. The first-order valence-corrected chi connectivity index (χ1v) is 2.35. The van der Waals surface area contributed by atoms with Gasteiger partial charge in [0.1, 0.15) is 0 Å². The number of hydrogen-bond donors (Lipinski definition) is 0. The minimum atomic E-state index is 0. The van der Waals surface area contributed by atoms with Crippen LogP contribution in [-0.4, -0.2) is 11.4 Å². The third-order valence-electron chi connectivity index (χ3n) is 0.903. The Bertz CT molecular complexity index is 117. The van der Waals surface area contributed by atoms with Crippen molar-refractivity contribution in [1.29, 1.82) is 0 Å². The fourth-order valence-electron chi connectivity index (χ4n) is 0.612. The SMILES string of the molecule is C.CC1=NN=C(C)C1. The summed E-state index contributed by atoms with van der Waals surface area (Å²) in [6.45, 7) is 3.97. The minimum absolute atomic E-state index is 0. The van der Waals surface area contributed by atoms with Gasteiger partial charge in [0, 0.05) is 17.8 Å². The third kappa shape index (κ3) is 1.45. The van der Waals surface area contributed by atoms with Crippen LogP contribution in [0.5, 0.6) is 0 Å². The minimum Gasteiger partial charge on any atom is -0.160 e. The summed E-state index contributed by atoms with van der Waals surface area (Å²) in [6, 6.07) is 0.